The normalized spacial score (nSPS) is 22.8. The van der Waals surface area contributed by atoms with E-state index in [1.165, 1.54) is 11.1 Å². The summed E-state index contributed by atoms with van der Waals surface area (Å²) >= 11 is 6.41. The summed E-state index contributed by atoms with van der Waals surface area (Å²) < 4.78 is 6.60. The van der Waals surface area contributed by atoms with Gasteiger partial charge in [0.2, 0.25) is 5.91 Å². The predicted octanol–water partition coefficient (Wildman–Crippen LogP) is 6.18. The number of nitrogens with one attached hydrogen (secondary N) is 1. The maximum absolute atomic E-state index is 13.0. The Balaban J connectivity index is 1.46. The van der Waals surface area contributed by atoms with Crippen molar-refractivity contribution in [2.24, 2.45) is 11.8 Å². The molecular formula is C34H42ClN3O3. The van der Waals surface area contributed by atoms with Gasteiger partial charge in [-0.25, -0.2) is 0 Å². The molecule has 0 unspecified atom stereocenters. The van der Waals surface area contributed by atoms with Crippen LogP contribution in [0, 0.1) is 11.8 Å². The number of fused-ring (bicyclic) bond motifs is 3. The average Bonchev–Trinajstić information content (AvgIpc) is 3.10. The van der Waals surface area contributed by atoms with E-state index in [-0.39, 0.29) is 17.2 Å². The zero-order valence-corrected chi connectivity index (χ0v) is 24.9. The zero-order valence-electron chi connectivity index (χ0n) is 24.2. The van der Waals surface area contributed by atoms with Gasteiger partial charge in [-0.05, 0) is 91.8 Å². The van der Waals surface area contributed by atoms with Gasteiger partial charge in [0, 0.05) is 55.6 Å². The summed E-state index contributed by atoms with van der Waals surface area (Å²) in [6, 6.07) is 12.1. The molecule has 0 saturated heterocycles. The first-order valence-corrected chi connectivity index (χ1v) is 15.3. The van der Waals surface area contributed by atoms with E-state index in [4.69, 9.17) is 16.3 Å². The molecule has 2 aromatic carbocycles. The molecule has 5 rings (SSSR count). The highest BCUT2D eigenvalue weighted by molar-refractivity contribution is 6.30. The fourth-order valence-corrected chi connectivity index (χ4v) is 7.01. The second kappa shape index (κ2) is 12.7. The van der Waals surface area contributed by atoms with E-state index in [0.717, 1.165) is 74.6 Å². The topological polar surface area (TPSA) is 61.9 Å². The minimum atomic E-state index is -0.170. The Bertz CT molecular complexity index is 1310. The molecule has 3 atom stereocenters. The molecular weight excluding hydrogens is 534 g/mol. The standard InChI is InChI=1S/C34H42ClN3O3/c1-4-6-16-36-33(40)26-11-14-32-31(19-26)38(21-28-10-9-27(28)20-37(17-5-2)24(3)39)22-34(23-41-32)15-7-8-25-18-29(35)12-13-30(25)34/h4-5,11-14,18-19,27-28H,1-2,6-10,15-17,20-23H2,3H3,(H,36,40)/t27-,28-,34-/m0/s1. The molecule has 3 aliphatic rings. The Morgan fingerprint density at radius 2 is 2.00 bits per heavy atom. The number of carbonyl (C=O) groups excluding carboxylic acids is 2. The van der Waals surface area contributed by atoms with Crippen LogP contribution in [0.2, 0.25) is 5.02 Å². The SMILES string of the molecule is C=CCCNC(=O)c1ccc2c(c1)N(C[C@@H]1CC[C@H]1CN(CC=C)C(C)=O)C[C@@]1(CCCc3cc(Cl)ccc31)CO2. The second-order valence-corrected chi connectivity index (χ2v) is 12.4. The lowest BCUT2D eigenvalue weighted by Gasteiger charge is -2.45. The van der Waals surface area contributed by atoms with Crippen LogP contribution in [0.3, 0.4) is 0 Å². The van der Waals surface area contributed by atoms with Crippen molar-refractivity contribution < 1.29 is 14.3 Å². The van der Waals surface area contributed by atoms with Gasteiger partial charge in [-0.15, -0.1) is 13.2 Å². The molecule has 2 amide bonds. The van der Waals surface area contributed by atoms with Gasteiger partial charge in [-0.1, -0.05) is 29.8 Å². The molecule has 1 spiro atoms. The van der Waals surface area contributed by atoms with Gasteiger partial charge >= 0.3 is 0 Å². The lowest BCUT2D eigenvalue weighted by molar-refractivity contribution is -0.129. The summed E-state index contributed by atoms with van der Waals surface area (Å²) in [6.45, 7) is 13.4. The number of halogens is 1. The molecule has 1 heterocycles. The van der Waals surface area contributed by atoms with Crippen molar-refractivity contribution in [3.05, 3.63) is 83.4 Å². The van der Waals surface area contributed by atoms with Crippen LogP contribution < -0.4 is 15.0 Å². The third kappa shape index (κ3) is 6.33. The van der Waals surface area contributed by atoms with Crippen LogP contribution in [-0.4, -0.2) is 56.0 Å². The van der Waals surface area contributed by atoms with Crippen molar-refractivity contribution in [3.63, 3.8) is 0 Å². The molecule has 2 aliphatic carbocycles. The number of anilines is 1. The van der Waals surface area contributed by atoms with E-state index in [9.17, 15) is 9.59 Å². The highest BCUT2D eigenvalue weighted by Gasteiger charge is 2.43. The number of hydrogen-bond donors (Lipinski definition) is 1. The number of ether oxygens (including phenoxy) is 1. The minimum absolute atomic E-state index is 0.0886. The summed E-state index contributed by atoms with van der Waals surface area (Å²) in [7, 11) is 0. The number of carbonyl (C=O) groups is 2. The van der Waals surface area contributed by atoms with Gasteiger partial charge in [-0.2, -0.15) is 0 Å². The Morgan fingerprint density at radius 1 is 1.17 bits per heavy atom. The van der Waals surface area contributed by atoms with Gasteiger partial charge in [0.15, 0.2) is 0 Å². The molecule has 2 aromatic rings. The van der Waals surface area contributed by atoms with Crippen LogP contribution in [0.15, 0.2) is 61.7 Å². The molecule has 1 aliphatic heterocycles. The summed E-state index contributed by atoms with van der Waals surface area (Å²) in [5.74, 6) is 1.70. The van der Waals surface area contributed by atoms with Crippen molar-refractivity contribution >= 4 is 29.1 Å². The van der Waals surface area contributed by atoms with Crippen LogP contribution in [0.1, 0.15) is 60.5 Å². The first-order chi connectivity index (χ1) is 19.8. The van der Waals surface area contributed by atoms with E-state index in [1.54, 1.807) is 19.1 Å². The third-order valence-electron chi connectivity index (χ3n) is 9.21. The molecule has 6 nitrogen and oxygen atoms in total. The Hall–Kier alpha value is -3.25. The van der Waals surface area contributed by atoms with Gasteiger partial charge in [-0.3, -0.25) is 9.59 Å². The maximum Gasteiger partial charge on any atom is 0.251 e. The van der Waals surface area contributed by atoms with Gasteiger partial charge in [0.25, 0.3) is 5.91 Å². The molecule has 1 saturated carbocycles. The van der Waals surface area contributed by atoms with E-state index < -0.39 is 0 Å². The summed E-state index contributed by atoms with van der Waals surface area (Å²) in [4.78, 5) is 29.6. The van der Waals surface area contributed by atoms with Crippen molar-refractivity contribution in [3.8, 4) is 5.75 Å². The van der Waals surface area contributed by atoms with Crippen LogP contribution in [0.25, 0.3) is 0 Å². The minimum Gasteiger partial charge on any atom is -0.490 e. The molecule has 0 bridgehead atoms. The van der Waals surface area contributed by atoms with Gasteiger partial charge in [0.1, 0.15) is 5.75 Å². The Labute approximate surface area is 249 Å². The van der Waals surface area contributed by atoms with E-state index in [1.807, 2.05) is 29.2 Å². The Morgan fingerprint density at radius 3 is 2.73 bits per heavy atom. The molecule has 1 N–H and O–H groups in total. The fourth-order valence-electron chi connectivity index (χ4n) is 6.82. The highest BCUT2D eigenvalue weighted by Crippen LogP contribution is 2.46. The number of rotatable bonds is 10. The fraction of sp³-hybridized carbons (Fsp3) is 0.471. The quantitative estimate of drug-likeness (QED) is 0.271. The third-order valence-corrected chi connectivity index (χ3v) is 9.45. The molecule has 1 fully saturated rings. The summed E-state index contributed by atoms with van der Waals surface area (Å²) in [5, 5.41) is 3.77. The molecule has 41 heavy (non-hydrogen) atoms. The number of aryl methyl sites for hydroxylation is 1. The van der Waals surface area contributed by atoms with Crippen LogP contribution in [0.5, 0.6) is 5.75 Å². The lowest BCUT2D eigenvalue weighted by atomic mass is 9.69. The maximum atomic E-state index is 13.0. The summed E-state index contributed by atoms with van der Waals surface area (Å²) in [5.41, 5.74) is 4.07. The number of nitrogens with zero attached hydrogens (tertiary/aromatic N) is 2. The van der Waals surface area contributed by atoms with E-state index in [0.29, 0.717) is 37.1 Å². The second-order valence-electron chi connectivity index (χ2n) is 11.9. The largest absolute Gasteiger partial charge is 0.490 e. The van der Waals surface area contributed by atoms with Crippen molar-refractivity contribution in [2.45, 2.75) is 50.9 Å². The van der Waals surface area contributed by atoms with E-state index >= 15 is 0 Å². The molecule has 218 valence electrons. The van der Waals surface area contributed by atoms with Gasteiger partial charge in [0.05, 0.1) is 12.3 Å². The van der Waals surface area contributed by atoms with Crippen molar-refractivity contribution in [1.82, 2.24) is 10.2 Å². The smallest absolute Gasteiger partial charge is 0.251 e. The lowest BCUT2D eigenvalue weighted by Crippen LogP contribution is -2.49. The van der Waals surface area contributed by atoms with Crippen LogP contribution in [0.4, 0.5) is 5.69 Å². The van der Waals surface area contributed by atoms with Crippen LogP contribution in [-0.2, 0) is 16.6 Å². The van der Waals surface area contributed by atoms with E-state index in [2.05, 4.69) is 35.5 Å². The average molecular weight is 576 g/mol. The molecule has 7 heteroatoms. The first-order valence-electron chi connectivity index (χ1n) is 14.9. The highest BCUT2D eigenvalue weighted by atomic mass is 35.5. The molecule has 0 radical (unpaired) electrons. The summed E-state index contributed by atoms with van der Waals surface area (Å²) in [6.07, 6.45) is 9.71. The predicted molar refractivity (Wildman–Crippen MR) is 166 cm³/mol. The number of benzene rings is 2. The number of amides is 2. The zero-order chi connectivity index (χ0) is 29.0. The Kier molecular flexibility index (Phi) is 9.08. The van der Waals surface area contributed by atoms with Crippen molar-refractivity contribution in [2.75, 3.05) is 44.2 Å². The first kappa shape index (κ1) is 29.2. The number of hydrogen-bond acceptors (Lipinski definition) is 4. The van der Waals surface area contributed by atoms with Gasteiger partial charge < -0.3 is 19.9 Å². The monoisotopic (exact) mass is 575 g/mol. The van der Waals surface area contributed by atoms with Crippen molar-refractivity contribution in [1.29, 1.82) is 0 Å². The van der Waals surface area contributed by atoms with Crippen LogP contribution >= 0.6 is 11.6 Å². The molecule has 0 aromatic heterocycles.